The Morgan fingerprint density at radius 3 is 1.54 bits per heavy atom. The van der Waals surface area contributed by atoms with Gasteiger partial charge in [0.2, 0.25) is 0 Å². The fraction of sp³-hybridized carbons (Fsp3) is 0.0545. The minimum Gasteiger partial charge on any atom is -0.313 e. The number of fused-ring (bicyclic) bond motifs is 9. The topological polar surface area (TPSA) is 9.86 Å². The van der Waals surface area contributed by atoms with Crippen LogP contribution in [0.25, 0.3) is 77.2 Å². The Morgan fingerprint density at radius 1 is 0.404 bits per heavy atom. The first-order valence-electron chi connectivity index (χ1n) is 20.1. The lowest BCUT2D eigenvalue weighted by Crippen LogP contribution is -2.30. The van der Waals surface area contributed by atoms with Gasteiger partial charge < -0.3 is 9.13 Å². The molecule has 2 aliphatic carbocycles. The van der Waals surface area contributed by atoms with Gasteiger partial charge in [-0.1, -0.05) is 158 Å². The van der Waals surface area contributed by atoms with Gasteiger partial charge in [0.05, 0.1) is 33.2 Å². The van der Waals surface area contributed by atoms with Gasteiger partial charge in [0, 0.05) is 27.2 Å². The molecule has 0 amide bonds. The molecule has 2 aliphatic rings. The molecule has 0 saturated carbocycles. The van der Waals surface area contributed by atoms with Gasteiger partial charge in [-0.3, -0.25) is 0 Å². The van der Waals surface area contributed by atoms with Crippen LogP contribution >= 0.6 is 0 Å². The lowest BCUT2D eigenvalue weighted by Gasteiger charge is -2.35. The Balaban J connectivity index is 1.09. The summed E-state index contributed by atoms with van der Waals surface area (Å²) in [6, 6.07) is 70.2. The van der Waals surface area contributed by atoms with Crippen molar-refractivity contribution in [3.63, 3.8) is 0 Å². The lowest BCUT2D eigenvalue weighted by atomic mass is 9.67. The zero-order chi connectivity index (χ0) is 37.5. The van der Waals surface area contributed by atoms with Gasteiger partial charge in [0.25, 0.3) is 0 Å². The van der Waals surface area contributed by atoms with Gasteiger partial charge in [-0.15, -0.1) is 0 Å². The van der Waals surface area contributed by atoms with Crippen LogP contribution in [0.1, 0.15) is 35.1 Å². The second kappa shape index (κ2) is 12.4. The normalized spacial score (nSPS) is 14.4. The quantitative estimate of drug-likeness (QED) is 0.167. The van der Waals surface area contributed by atoms with Crippen LogP contribution in [0.2, 0.25) is 0 Å². The van der Waals surface area contributed by atoms with E-state index in [1.165, 1.54) is 99.5 Å². The van der Waals surface area contributed by atoms with Crippen LogP contribution in [0.3, 0.4) is 0 Å². The molecule has 10 aromatic rings. The van der Waals surface area contributed by atoms with Crippen LogP contribution in [0.15, 0.2) is 206 Å². The van der Waals surface area contributed by atoms with Crippen molar-refractivity contribution in [2.75, 3.05) is 0 Å². The first-order valence-corrected chi connectivity index (χ1v) is 20.1. The Labute approximate surface area is 331 Å². The second-order valence-corrected chi connectivity index (χ2v) is 15.5. The highest BCUT2D eigenvalue weighted by molar-refractivity contribution is 6.13. The zero-order valence-electron chi connectivity index (χ0n) is 31.4. The zero-order valence-corrected chi connectivity index (χ0v) is 31.4. The Kier molecular flexibility index (Phi) is 7.00. The fourth-order valence-electron chi connectivity index (χ4n) is 10.3. The Hall–Kier alpha value is -7.16. The van der Waals surface area contributed by atoms with Gasteiger partial charge in [-0.05, 0) is 106 Å². The molecule has 0 unspecified atom stereocenters. The number of hydrogen-bond donors (Lipinski definition) is 0. The summed E-state index contributed by atoms with van der Waals surface area (Å²) >= 11 is 0. The van der Waals surface area contributed by atoms with E-state index in [4.69, 9.17) is 0 Å². The van der Waals surface area contributed by atoms with Crippen molar-refractivity contribution in [3.8, 4) is 27.9 Å². The maximum atomic E-state index is 2.52. The van der Waals surface area contributed by atoms with Crippen LogP contribution in [0, 0.1) is 0 Å². The van der Waals surface area contributed by atoms with E-state index in [9.17, 15) is 0 Å². The van der Waals surface area contributed by atoms with Crippen LogP contribution < -0.4 is 0 Å². The third kappa shape index (κ3) is 4.53. The molecule has 57 heavy (non-hydrogen) atoms. The van der Waals surface area contributed by atoms with Crippen molar-refractivity contribution in [1.82, 2.24) is 9.13 Å². The highest BCUT2D eigenvalue weighted by atomic mass is 15.0. The number of hydrogen-bond acceptors (Lipinski definition) is 0. The molecular weight excluding hydrogens is 689 g/mol. The van der Waals surface area contributed by atoms with Crippen LogP contribution in [0.5, 0.6) is 0 Å². The fourth-order valence-corrected chi connectivity index (χ4v) is 10.3. The van der Waals surface area contributed by atoms with Gasteiger partial charge in [-0.2, -0.15) is 0 Å². The second-order valence-electron chi connectivity index (χ2n) is 15.5. The molecule has 268 valence electrons. The molecule has 12 rings (SSSR count). The summed E-state index contributed by atoms with van der Waals surface area (Å²) in [6.45, 7) is 0. The molecule has 0 spiro atoms. The monoisotopic (exact) mass is 726 g/mol. The van der Waals surface area contributed by atoms with Crippen LogP contribution in [0.4, 0.5) is 0 Å². The molecule has 2 nitrogen and oxygen atoms in total. The van der Waals surface area contributed by atoms with Crippen molar-refractivity contribution < 1.29 is 0 Å². The van der Waals surface area contributed by atoms with Crippen molar-refractivity contribution in [2.24, 2.45) is 0 Å². The molecule has 0 aliphatic heterocycles. The van der Waals surface area contributed by atoms with Crippen LogP contribution in [-0.2, 0) is 5.41 Å². The molecule has 0 atom stereocenters. The largest absolute Gasteiger partial charge is 0.313 e. The van der Waals surface area contributed by atoms with Crippen molar-refractivity contribution in [1.29, 1.82) is 0 Å². The molecule has 0 fully saturated rings. The van der Waals surface area contributed by atoms with E-state index in [-0.39, 0.29) is 0 Å². The highest BCUT2D eigenvalue weighted by Gasteiger charge is 2.47. The first-order chi connectivity index (χ1) is 28.3. The van der Waals surface area contributed by atoms with E-state index >= 15 is 0 Å². The minimum absolute atomic E-state index is 0.513. The Morgan fingerprint density at radius 2 is 0.912 bits per heavy atom. The summed E-state index contributed by atoms with van der Waals surface area (Å²) < 4.78 is 4.98. The molecule has 0 N–H and O–H groups in total. The van der Waals surface area contributed by atoms with E-state index in [2.05, 4.69) is 215 Å². The summed E-state index contributed by atoms with van der Waals surface area (Å²) in [5.41, 5.74) is 17.2. The van der Waals surface area contributed by atoms with E-state index in [1.54, 1.807) is 0 Å². The lowest BCUT2D eigenvalue weighted by molar-refractivity contribution is 0.761. The van der Waals surface area contributed by atoms with Crippen molar-refractivity contribution in [3.05, 3.63) is 229 Å². The highest BCUT2D eigenvalue weighted by Crippen LogP contribution is 2.57. The van der Waals surface area contributed by atoms with E-state index < -0.39 is 5.41 Å². The SMILES string of the molecule is C1=CCCC(n2c3ccccc3c3cc(-c4ccc5c(c4)c4ccccc4n5-c4ccccc4C4(c5ccccc5)c5ccccc5-c5ccccc54)ccc32)=C1. The maximum Gasteiger partial charge on any atom is 0.0733 e. The standard InChI is InChI=1S/C55H38N2/c1-3-17-39(18-4-1)55(47-25-11-7-21-41(47)42-22-8-12-26-48(42)55)49-27-13-16-30-54(49)57-51-29-15-10-24-44(51)46-36-38(32-34-53(46)57)37-31-33-52-45(35-37)43-23-9-14-28-50(43)56(52)40-19-5-2-6-20-40/h1-5,7-19,21-36H,6,20H2. The average molecular weight is 727 g/mol. The van der Waals surface area contributed by atoms with E-state index in [0.29, 0.717) is 0 Å². The molecular formula is C55H38N2. The third-order valence-electron chi connectivity index (χ3n) is 12.7. The Bertz CT molecular complexity index is 3250. The van der Waals surface area contributed by atoms with Gasteiger partial charge in [0.15, 0.2) is 0 Å². The summed E-state index contributed by atoms with van der Waals surface area (Å²) in [5, 5.41) is 5.08. The van der Waals surface area contributed by atoms with Gasteiger partial charge >= 0.3 is 0 Å². The summed E-state index contributed by atoms with van der Waals surface area (Å²) in [4.78, 5) is 0. The predicted octanol–water partition coefficient (Wildman–Crippen LogP) is 14.1. The smallest absolute Gasteiger partial charge is 0.0733 e. The number of para-hydroxylation sites is 3. The number of allylic oxidation sites excluding steroid dienone is 4. The van der Waals surface area contributed by atoms with Crippen molar-refractivity contribution in [2.45, 2.75) is 18.3 Å². The molecule has 8 aromatic carbocycles. The molecule has 2 heteroatoms. The average Bonchev–Trinajstić information content (AvgIpc) is 3.91. The number of aromatic nitrogens is 2. The van der Waals surface area contributed by atoms with Gasteiger partial charge in [0.1, 0.15) is 0 Å². The molecule has 0 saturated heterocycles. The minimum atomic E-state index is -0.513. The molecule has 2 heterocycles. The number of rotatable bonds is 5. The van der Waals surface area contributed by atoms with Crippen LogP contribution in [-0.4, -0.2) is 9.13 Å². The first kappa shape index (κ1) is 32.1. The molecule has 0 radical (unpaired) electrons. The summed E-state index contributed by atoms with van der Waals surface area (Å²) in [6.07, 6.45) is 8.85. The maximum absolute atomic E-state index is 2.52. The molecule has 2 aromatic heterocycles. The predicted molar refractivity (Wildman–Crippen MR) is 239 cm³/mol. The van der Waals surface area contributed by atoms with Gasteiger partial charge in [-0.25, -0.2) is 0 Å². The van der Waals surface area contributed by atoms with E-state index in [1.807, 2.05) is 0 Å². The summed E-state index contributed by atoms with van der Waals surface area (Å²) in [7, 11) is 0. The van der Waals surface area contributed by atoms with E-state index in [0.717, 1.165) is 12.8 Å². The molecule has 0 bridgehead atoms. The number of benzene rings is 8. The summed E-state index contributed by atoms with van der Waals surface area (Å²) in [5.74, 6) is 0. The van der Waals surface area contributed by atoms with Crippen molar-refractivity contribution >= 4 is 49.3 Å². The third-order valence-corrected chi connectivity index (χ3v) is 12.7. The number of nitrogens with zero attached hydrogens (tertiary/aromatic N) is 2.